The van der Waals surface area contributed by atoms with Crippen LogP contribution in [0.3, 0.4) is 0 Å². The normalized spacial score (nSPS) is 18.0. The lowest BCUT2D eigenvalue weighted by Crippen LogP contribution is -2.38. The topological polar surface area (TPSA) is 37.3 Å². The van der Waals surface area contributed by atoms with Gasteiger partial charge in [0.2, 0.25) is 0 Å². The van der Waals surface area contributed by atoms with Crippen molar-refractivity contribution in [2.24, 2.45) is 16.7 Å². The zero-order valence-electron chi connectivity index (χ0n) is 12.2. The van der Waals surface area contributed by atoms with Crippen LogP contribution in [0.15, 0.2) is 12.2 Å². The van der Waals surface area contributed by atoms with Crippen molar-refractivity contribution in [3.63, 3.8) is 0 Å². The van der Waals surface area contributed by atoms with E-state index in [9.17, 15) is 9.90 Å². The number of carbonyl (C=O) groups is 1. The maximum atomic E-state index is 11.5. The quantitative estimate of drug-likeness (QED) is 0.665. The van der Waals surface area contributed by atoms with E-state index in [1.54, 1.807) is 0 Å². The second-order valence-electron chi connectivity index (χ2n) is 6.01. The second-order valence-corrected chi connectivity index (χ2v) is 6.01. The van der Waals surface area contributed by atoms with Crippen LogP contribution in [0.2, 0.25) is 0 Å². The third kappa shape index (κ3) is 4.53. The molecule has 0 aromatic carbocycles. The van der Waals surface area contributed by atoms with E-state index in [2.05, 4.69) is 39.8 Å². The van der Waals surface area contributed by atoms with Crippen molar-refractivity contribution in [3.8, 4) is 0 Å². The van der Waals surface area contributed by atoms with Crippen molar-refractivity contribution in [1.82, 2.24) is 0 Å². The molecule has 0 saturated carbocycles. The Hall–Kier alpha value is -0.790. The molecular formula is C15H28O2. The molecule has 0 aromatic rings. The summed E-state index contributed by atoms with van der Waals surface area (Å²) >= 11 is 0. The van der Waals surface area contributed by atoms with Gasteiger partial charge in [-0.05, 0) is 31.1 Å². The van der Waals surface area contributed by atoms with Gasteiger partial charge in [0.25, 0.3) is 0 Å². The molecule has 0 fully saturated rings. The predicted molar refractivity (Wildman–Crippen MR) is 73.0 cm³/mol. The first-order chi connectivity index (χ1) is 7.69. The molecule has 17 heavy (non-hydrogen) atoms. The van der Waals surface area contributed by atoms with Crippen molar-refractivity contribution in [2.45, 2.75) is 60.8 Å². The molecule has 0 aliphatic rings. The zero-order chi connectivity index (χ0) is 13.7. The van der Waals surface area contributed by atoms with Crippen LogP contribution in [0.1, 0.15) is 60.8 Å². The number of carboxylic acids is 1. The standard InChI is InChI=1S/C15H28O2/c1-7-9-10-14(4,5)11-15(6,13(16)17)12(3)8-2/h9-10,12H,7-8,11H2,1-6H3,(H,16,17). The van der Waals surface area contributed by atoms with Gasteiger partial charge in [-0.15, -0.1) is 0 Å². The van der Waals surface area contributed by atoms with Crippen molar-refractivity contribution in [3.05, 3.63) is 12.2 Å². The average Bonchev–Trinajstić information content (AvgIpc) is 2.24. The fraction of sp³-hybridized carbons (Fsp3) is 0.800. The van der Waals surface area contributed by atoms with Gasteiger partial charge >= 0.3 is 5.97 Å². The molecule has 1 N–H and O–H groups in total. The van der Waals surface area contributed by atoms with Crippen molar-refractivity contribution >= 4 is 5.97 Å². The molecule has 0 aliphatic carbocycles. The summed E-state index contributed by atoms with van der Waals surface area (Å²) < 4.78 is 0. The van der Waals surface area contributed by atoms with E-state index >= 15 is 0 Å². The summed E-state index contributed by atoms with van der Waals surface area (Å²) in [5.74, 6) is -0.487. The monoisotopic (exact) mass is 240 g/mol. The lowest BCUT2D eigenvalue weighted by Gasteiger charge is -2.37. The summed E-state index contributed by atoms with van der Waals surface area (Å²) in [6.45, 7) is 12.3. The third-order valence-corrected chi connectivity index (χ3v) is 3.82. The van der Waals surface area contributed by atoms with Crippen LogP contribution >= 0.6 is 0 Å². The van der Waals surface area contributed by atoms with Gasteiger partial charge in [0.05, 0.1) is 5.41 Å². The van der Waals surface area contributed by atoms with Gasteiger partial charge in [0.1, 0.15) is 0 Å². The molecule has 2 heteroatoms. The molecule has 0 aliphatic heterocycles. The zero-order valence-corrected chi connectivity index (χ0v) is 12.2. The van der Waals surface area contributed by atoms with E-state index in [1.807, 2.05) is 13.8 Å². The van der Waals surface area contributed by atoms with Gasteiger partial charge < -0.3 is 5.11 Å². The molecule has 0 aromatic heterocycles. The van der Waals surface area contributed by atoms with Crippen molar-refractivity contribution in [1.29, 1.82) is 0 Å². The number of aliphatic carboxylic acids is 1. The fourth-order valence-electron chi connectivity index (χ4n) is 2.35. The third-order valence-electron chi connectivity index (χ3n) is 3.82. The first kappa shape index (κ1) is 16.2. The lowest BCUT2D eigenvalue weighted by molar-refractivity contribution is -0.153. The minimum atomic E-state index is -0.676. The van der Waals surface area contributed by atoms with E-state index in [-0.39, 0.29) is 11.3 Å². The maximum Gasteiger partial charge on any atom is 0.309 e. The minimum Gasteiger partial charge on any atom is -0.481 e. The molecule has 2 nitrogen and oxygen atoms in total. The summed E-state index contributed by atoms with van der Waals surface area (Å²) in [4.78, 5) is 11.5. The summed E-state index contributed by atoms with van der Waals surface area (Å²) in [6.07, 6.45) is 6.85. The number of hydrogen-bond donors (Lipinski definition) is 1. The Bertz CT molecular complexity index is 279. The maximum absolute atomic E-state index is 11.5. The number of hydrogen-bond acceptors (Lipinski definition) is 1. The predicted octanol–water partition coefficient (Wildman–Crippen LogP) is 4.51. The van der Waals surface area contributed by atoms with Gasteiger partial charge in [0, 0.05) is 0 Å². The highest BCUT2D eigenvalue weighted by molar-refractivity contribution is 5.74. The molecule has 0 amide bonds. The smallest absolute Gasteiger partial charge is 0.309 e. The summed E-state index contributed by atoms with van der Waals surface area (Å²) in [7, 11) is 0. The van der Waals surface area contributed by atoms with Crippen LogP contribution in [0.5, 0.6) is 0 Å². The number of allylic oxidation sites excluding steroid dienone is 2. The number of rotatable bonds is 7. The Labute approximate surface area is 106 Å². The highest BCUT2D eigenvalue weighted by Gasteiger charge is 2.41. The van der Waals surface area contributed by atoms with Gasteiger partial charge in [-0.3, -0.25) is 4.79 Å². The van der Waals surface area contributed by atoms with Gasteiger partial charge in [-0.1, -0.05) is 53.2 Å². The van der Waals surface area contributed by atoms with E-state index in [1.165, 1.54) is 0 Å². The largest absolute Gasteiger partial charge is 0.481 e. The first-order valence-electron chi connectivity index (χ1n) is 6.60. The molecule has 0 bridgehead atoms. The van der Waals surface area contributed by atoms with Crippen LogP contribution in [-0.4, -0.2) is 11.1 Å². The average molecular weight is 240 g/mol. The highest BCUT2D eigenvalue weighted by atomic mass is 16.4. The van der Waals surface area contributed by atoms with Gasteiger partial charge in [-0.2, -0.15) is 0 Å². The van der Waals surface area contributed by atoms with Crippen LogP contribution in [0.25, 0.3) is 0 Å². The van der Waals surface area contributed by atoms with Crippen LogP contribution in [0.4, 0.5) is 0 Å². The second kappa shape index (κ2) is 6.23. The Balaban J connectivity index is 5.00. The molecule has 0 spiro atoms. The van der Waals surface area contributed by atoms with Crippen LogP contribution in [0, 0.1) is 16.7 Å². The molecule has 100 valence electrons. The molecular weight excluding hydrogens is 212 g/mol. The van der Waals surface area contributed by atoms with E-state index in [0.29, 0.717) is 6.42 Å². The van der Waals surface area contributed by atoms with Gasteiger partial charge in [-0.25, -0.2) is 0 Å². The Morgan fingerprint density at radius 1 is 1.29 bits per heavy atom. The van der Waals surface area contributed by atoms with Gasteiger partial charge in [0.15, 0.2) is 0 Å². The summed E-state index contributed by atoms with van der Waals surface area (Å²) in [6, 6.07) is 0. The first-order valence-corrected chi connectivity index (χ1v) is 6.60. The van der Waals surface area contributed by atoms with E-state index in [0.717, 1.165) is 12.8 Å². The molecule has 0 saturated heterocycles. The molecule has 2 atom stereocenters. The van der Waals surface area contributed by atoms with Crippen molar-refractivity contribution in [2.75, 3.05) is 0 Å². The Morgan fingerprint density at radius 2 is 1.82 bits per heavy atom. The van der Waals surface area contributed by atoms with E-state index in [4.69, 9.17) is 0 Å². The SMILES string of the molecule is CCC=CC(C)(C)CC(C)(C(=O)O)C(C)CC. The Morgan fingerprint density at radius 3 is 2.18 bits per heavy atom. The molecule has 2 unspecified atom stereocenters. The summed E-state index contributed by atoms with van der Waals surface area (Å²) in [5, 5.41) is 9.50. The fourth-order valence-corrected chi connectivity index (χ4v) is 2.35. The lowest BCUT2D eigenvalue weighted by atomic mass is 9.66. The molecule has 0 rings (SSSR count). The van der Waals surface area contributed by atoms with Crippen LogP contribution in [-0.2, 0) is 4.79 Å². The Kier molecular flexibility index (Phi) is 5.94. The van der Waals surface area contributed by atoms with E-state index < -0.39 is 11.4 Å². The summed E-state index contributed by atoms with van der Waals surface area (Å²) in [5.41, 5.74) is -0.705. The minimum absolute atomic E-state index is 0.0629. The van der Waals surface area contributed by atoms with Crippen LogP contribution < -0.4 is 0 Å². The number of carboxylic acid groups (broad SMARTS) is 1. The molecule has 0 radical (unpaired) electrons. The molecule has 0 heterocycles. The van der Waals surface area contributed by atoms with Crippen molar-refractivity contribution < 1.29 is 9.90 Å². The highest BCUT2D eigenvalue weighted by Crippen LogP contribution is 2.41.